The van der Waals surface area contributed by atoms with E-state index in [2.05, 4.69) is 25.7 Å². The first kappa shape index (κ1) is 26.5. The molecule has 1 fully saturated rings. The summed E-state index contributed by atoms with van der Waals surface area (Å²) in [6.45, 7) is 2.68. The third-order valence-corrected chi connectivity index (χ3v) is 7.40. The average molecular weight is 564 g/mol. The quantitative estimate of drug-likeness (QED) is 0.321. The lowest BCUT2D eigenvalue weighted by molar-refractivity contribution is -0.113. The summed E-state index contributed by atoms with van der Waals surface area (Å²) >= 11 is 7.28. The monoisotopic (exact) mass is 563 g/mol. The highest BCUT2D eigenvalue weighted by atomic mass is 35.5. The number of benzene rings is 3. The van der Waals surface area contributed by atoms with Gasteiger partial charge in [0.05, 0.1) is 18.6 Å². The maximum atomic E-state index is 12.8. The molecule has 2 amide bonds. The maximum Gasteiger partial charge on any atom is 0.254 e. The van der Waals surface area contributed by atoms with Gasteiger partial charge in [-0.1, -0.05) is 29.4 Å². The van der Waals surface area contributed by atoms with Crippen LogP contribution in [0, 0.1) is 0 Å². The van der Waals surface area contributed by atoms with Crippen LogP contribution in [0.3, 0.4) is 0 Å². The molecule has 1 aromatic heterocycles. The van der Waals surface area contributed by atoms with Gasteiger partial charge in [-0.15, -0.1) is 5.10 Å². The van der Waals surface area contributed by atoms with Crippen molar-refractivity contribution in [2.24, 2.45) is 0 Å². The number of nitrogens with one attached hydrogen (secondary N) is 1. The Labute approximate surface area is 234 Å². The van der Waals surface area contributed by atoms with Gasteiger partial charge in [0.25, 0.3) is 5.91 Å². The van der Waals surface area contributed by atoms with Crippen LogP contribution >= 0.6 is 23.4 Å². The predicted octanol–water partition coefficient (Wildman–Crippen LogP) is 4.02. The number of piperazine rings is 1. The molecule has 39 heavy (non-hydrogen) atoms. The molecular formula is C27H26ClN7O3S. The Kier molecular flexibility index (Phi) is 8.28. The molecule has 0 saturated carbocycles. The zero-order valence-corrected chi connectivity index (χ0v) is 22.7. The molecule has 1 aliphatic heterocycles. The van der Waals surface area contributed by atoms with Crippen molar-refractivity contribution >= 4 is 46.6 Å². The second-order valence-corrected chi connectivity index (χ2v) is 10.1. The zero-order chi connectivity index (χ0) is 27.2. The third kappa shape index (κ3) is 6.50. The Morgan fingerprint density at radius 1 is 0.974 bits per heavy atom. The molecule has 1 saturated heterocycles. The molecule has 0 aliphatic carbocycles. The van der Waals surface area contributed by atoms with Gasteiger partial charge in [0.15, 0.2) is 0 Å². The minimum absolute atomic E-state index is 0.00823. The number of halogens is 1. The van der Waals surface area contributed by atoms with Gasteiger partial charge < -0.3 is 19.9 Å². The minimum Gasteiger partial charge on any atom is -0.497 e. The van der Waals surface area contributed by atoms with Gasteiger partial charge in [-0.2, -0.15) is 4.68 Å². The van der Waals surface area contributed by atoms with E-state index in [0.717, 1.165) is 30.2 Å². The zero-order valence-electron chi connectivity index (χ0n) is 21.2. The smallest absolute Gasteiger partial charge is 0.254 e. The molecule has 2 heterocycles. The summed E-state index contributed by atoms with van der Waals surface area (Å²) in [5.74, 6) is 0.717. The fourth-order valence-corrected chi connectivity index (χ4v) is 5.09. The largest absolute Gasteiger partial charge is 0.497 e. The molecule has 1 aliphatic rings. The van der Waals surface area contributed by atoms with E-state index >= 15 is 0 Å². The number of methoxy groups -OCH3 is 1. The van der Waals surface area contributed by atoms with Crippen molar-refractivity contribution < 1.29 is 14.3 Å². The van der Waals surface area contributed by atoms with Crippen molar-refractivity contribution in [2.45, 2.75) is 5.16 Å². The Morgan fingerprint density at radius 3 is 2.38 bits per heavy atom. The van der Waals surface area contributed by atoms with E-state index in [0.29, 0.717) is 34.5 Å². The van der Waals surface area contributed by atoms with Crippen molar-refractivity contribution in [2.75, 3.05) is 49.3 Å². The van der Waals surface area contributed by atoms with Crippen LogP contribution in [-0.2, 0) is 4.79 Å². The van der Waals surface area contributed by atoms with Crippen molar-refractivity contribution in [1.82, 2.24) is 25.1 Å². The summed E-state index contributed by atoms with van der Waals surface area (Å²) in [7, 11) is 1.61. The molecular weight excluding hydrogens is 538 g/mol. The first-order chi connectivity index (χ1) is 19.0. The third-order valence-electron chi connectivity index (χ3n) is 6.24. The van der Waals surface area contributed by atoms with Crippen molar-refractivity contribution in [3.05, 3.63) is 83.4 Å². The molecule has 0 spiro atoms. The van der Waals surface area contributed by atoms with Crippen LogP contribution in [0.5, 0.6) is 5.75 Å². The summed E-state index contributed by atoms with van der Waals surface area (Å²) in [5, 5.41) is 15.8. The number of hydrogen-bond donors (Lipinski definition) is 1. The Morgan fingerprint density at radius 2 is 1.69 bits per heavy atom. The second-order valence-electron chi connectivity index (χ2n) is 8.74. The van der Waals surface area contributed by atoms with E-state index in [1.165, 1.54) is 11.8 Å². The Balaban J connectivity index is 1.11. The highest BCUT2D eigenvalue weighted by Crippen LogP contribution is 2.23. The Hall–Kier alpha value is -4.09. The van der Waals surface area contributed by atoms with Crippen LogP contribution in [0.25, 0.3) is 5.69 Å². The molecule has 3 aromatic carbocycles. The van der Waals surface area contributed by atoms with Crippen molar-refractivity contribution in [3.8, 4) is 11.4 Å². The molecule has 0 unspecified atom stereocenters. The number of tetrazole rings is 1. The van der Waals surface area contributed by atoms with Gasteiger partial charge in [0.2, 0.25) is 11.1 Å². The molecule has 0 atom stereocenters. The first-order valence-corrected chi connectivity index (χ1v) is 13.6. The Bertz CT molecular complexity index is 1440. The summed E-state index contributed by atoms with van der Waals surface area (Å²) < 4.78 is 6.76. The number of amides is 2. The van der Waals surface area contributed by atoms with Crippen LogP contribution < -0.4 is 15.0 Å². The van der Waals surface area contributed by atoms with Crippen molar-refractivity contribution in [1.29, 1.82) is 0 Å². The number of carbonyl (C=O) groups excluding carboxylic acids is 2. The summed E-state index contributed by atoms with van der Waals surface area (Å²) in [4.78, 5) is 29.4. The SMILES string of the molecule is COc1ccc(-n2nnnc2SCC(=O)Nc2ccc(N3CCN(C(=O)c4cccc(Cl)c4)CC3)cc2)cc1. The fourth-order valence-electron chi connectivity index (χ4n) is 4.21. The number of carbonyl (C=O) groups is 2. The summed E-state index contributed by atoms with van der Waals surface area (Å²) in [6.07, 6.45) is 0. The number of hydrogen-bond acceptors (Lipinski definition) is 8. The number of aromatic nitrogens is 4. The predicted molar refractivity (Wildman–Crippen MR) is 151 cm³/mol. The van der Waals surface area contributed by atoms with E-state index in [1.807, 2.05) is 53.4 Å². The van der Waals surface area contributed by atoms with Crippen LogP contribution in [0.4, 0.5) is 11.4 Å². The number of ether oxygens (including phenoxy) is 1. The first-order valence-electron chi connectivity index (χ1n) is 12.3. The van der Waals surface area contributed by atoms with E-state index in [-0.39, 0.29) is 17.6 Å². The van der Waals surface area contributed by atoms with Gasteiger partial charge in [0, 0.05) is 48.1 Å². The number of rotatable bonds is 8. The topological polar surface area (TPSA) is 105 Å². The lowest BCUT2D eigenvalue weighted by Gasteiger charge is -2.36. The summed E-state index contributed by atoms with van der Waals surface area (Å²) in [5.41, 5.74) is 3.12. The molecule has 0 bridgehead atoms. The molecule has 0 radical (unpaired) electrons. The number of nitrogens with zero attached hydrogens (tertiary/aromatic N) is 6. The van der Waals surface area contributed by atoms with E-state index < -0.39 is 0 Å². The molecule has 10 nitrogen and oxygen atoms in total. The molecule has 12 heteroatoms. The van der Waals surface area contributed by atoms with E-state index in [4.69, 9.17) is 16.3 Å². The van der Waals surface area contributed by atoms with Gasteiger partial charge in [0.1, 0.15) is 5.75 Å². The van der Waals surface area contributed by atoms with Crippen molar-refractivity contribution in [3.63, 3.8) is 0 Å². The molecule has 4 aromatic rings. The highest BCUT2D eigenvalue weighted by molar-refractivity contribution is 7.99. The van der Waals surface area contributed by atoms with Crippen LogP contribution in [0.1, 0.15) is 10.4 Å². The number of thioether (sulfide) groups is 1. The van der Waals surface area contributed by atoms with Crippen LogP contribution in [-0.4, -0.2) is 76.0 Å². The standard InChI is InChI=1S/C27H26ClN7O3S/c1-38-24-11-9-23(10-12-24)35-27(30-31-32-35)39-18-25(36)29-21-5-7-22(8-6-21)33-13-15-34(16-14-33)26(37)19-3-2-4-20(28)17-19/h2-12,17H,13-16,18H2,1H3,(H,29,36). The van der Waals surface area contributed by atoms with Gasteiger partial charge >= 0.3 is 0 Å². The molecule has 200 valence electrons. The second kappa shape index (κ2) is 12.2. The average Bonchev–Trinajstić information content (AvgIpc) is 3.45. The summed E-state index contributed by atoms with van der Waals surface area (Å²) in [6, 6.07) is 22.1. The van der Waals surface area contributed by atoms with E-state index in [1.54, 1.807) is 36.1 Å². The van der Waals surface area contributed by atoms with E-state index in [9.17, 15) is 9.59 Å². The van der Waals surface area contributed by atoms with Crippen LogP contribution in [0.2, 0.25) is 5.02 Å². The van der Waals surface area contributed by atoms with Gasteiger partial charge in [-0.25, -0.2) is 0 Å². The highest BCUT2D eigenvalue weighted by Gasteiger charge is 2.22. The lowest BCUT2D eigenvalue weighted by atomic mass is 10.1. The van der Waals surface area contributed by atoms with Gasteiger partial charge in [-0.05, 0) is 77.2 Å². The lowest BCUT2D eigenvalue weighted by Crippen LogP contribution is -2.48. The molecule has 5 rings (SSSR count). The normalized spacial score (nSPS) is 13.3. The van der Waals surface area contributed by atoms with Gasteiger partial charge in [-0.3, -0.25) is 9.59 Å². The maximum absolute atomic E-state index is 12.8. The number of anilines is 2. The molecule has 1 N–H and O–H groups in total. The minimum atomic E-state index is -0.162. The van der Waals surface area contributed by atoms with Crippen LogP contribution in [0.15, 0.2) is 78.0 Å². The fraction of sp³-hybridized carbons (Fsp3) is 0.222.